The van der Waals surface area contributed by atoms with Crippen LogP contribution in [0.2, 0.25) is 5.02 Å². The van der Waals surface area contributed by atoms with Gasteiger partial charge in [-0.2, -0.15) is 5.10 Å². The van der Waals surface area contributed by atoms with Crippen molar-refractivity contribution in [3.8, 4) is 0 Å². The summed E-state index contributed by atoms with van der Waals surface area (Å²) in [6.45, 7) is 0.667. The predicted octanol–water partition coefficient (Wildman–Crippen LogP) is 1.19. The molecule has 4 N–H and O–H groups in total. The van der Waals surface area contributed by atoms with Gasteiger partial charge in [0.15, 0.2) is 5.82 Å². The second-order valence-corrected chi connectivity index (χ2v) is 4.25. The Morgan fingerprint density at radius 2 is 2.05 bits per heavy atom. The number of aromatic nitrogens is 2. The third-order valence-electron chi connectivity index (χ3n) is 2.36. The predicted molar refractivity (Wildman–Crippen MR) is 76.2 cm³/mol. The molecule has 0 radical (unpaired) electrons. The van der Waals surface area contributed by atoms with Crippen molar-refractivity contribution >= 4 is 23.8 Å². The monoisotopic (exact) mass is 276 g/mol. The molecule has 7 heteroatoms. The molecule has 0 aliphatic rings. The van der Waals surface area contributed by atoms with E-state index in [1.54, 1.807) is 6.20 Å². The lowest BCUT2D eigenvalue weighted by Gasteiger charge is -2.04. The highest BCUT2D eigenvalue weighted by atomic mass is 35.5. The van der Waals surface area contributed by atoms with E-state index < -0.39 is 0 Å². The molecule has 1 aromatic carbocycles. The van der Waals surface area contributed by atoms with Crippen molar-refractivity contribution in [2.75, 3.05) is 0 Å². The van der Waals surface area contributed by atoms with E-state index in [9.17, 15) is 0 Å². The summed E-state index contributed by atoms with van der Waals surface area (Å²) in [6, 6.07) is 7.61. The zero-order valence-electron chi connectivity index (χ0n) is 10.1. The first kappa shape index (κ1) is 13.1. The molecule has 0 saturated carbocycles. The Morgan fingerprint density at radius 1 is 1.32 bits per heavy atom. The van der Waals surface area contributed by atoms with Gasteiger partial charge in [-0.1, -0.05) is 23.7 Å². The molecule has 0 spiro atoms. The van der Waals surface area contributed by atoms with E-state index in [1.807, 2.05) is 35.0 Å². The van der Waals surface area contributed by atoms with Gasteiger partial charge in [0.1, 0.15) is 0 Å². The fraction of sp³-hybridized carbons (Fsp3) is 0.0833. The lowest BCUT2D eigenvalue weighted by Crippen LogP contribution is -2.21. The van der Waals surface area contributed by atoms with Gasteiger partial charge in [-0.3, -0.25) is 0 Å². The molecule has 0 unspecified atom stereocenters. The van der Waals surface area contributed by atoms with Crippen molar-refractivity contribution in [1.82, 2.24) is 9.55 Å². The summed E-state index contributed by atoms with van der Waals surface area (Å²) in [5.74, 6) is 0.576. The number of hydrogen-bond donors (Lipinski definition) is 2. The number of benzene rings is 1. The first-order valence-corrected chi connectivity index (χ1v) is 5.90. The van der Waals surface area contributed by atoms with Gasteiger partial charge < -0.3 is 16.0 Å². The van der Waals surface area contributed by atoms with E-state index in [0.29, 0.717) is 17.4 Å². The largest absolute Gasteiger partial charge is 0.369 e. The number of nitrogens with zero attached hydrogens (tertiary/aromatic N) is 4. The third kappa shape index (κ3) is 3.82. The van der Waals surface area contributed by atoms with Crippen LogP contribution in [0.15, 0.2) is 46.9 Å². The van der Waals surface area contributed by atoms with Crippen LogP contribution in [0.25, 0.3) is 0 Å². The molecule has 0 saturated heterocycles. The number of hydrogen-bond acceptors (Lipinski definition) is 3. The first-order valence-electron chi connectivity index (χ1n) is 5.52. The fourth-order valence-corrected chi connectivity index (χ4v) is 1.64. The Bertz CT molecular complexity index is 595. The molecule has 6 nitrogen and oxygen atoms in total. The molecular weight excluding hydrogens is 264 g/mol. The topological polar surface area (TPSA) is 94.6 Å². The minimum absolute atomic E-state index is 0.0907. The van der Waals surface area contributed by atoms with Crippen LogP contribution >= 0.6 is 11.6 Å². The molecule has 1 aromatic heterocycles. The van der Waals surface area contributed by atoms with Crippen LogP contribution in [0.4, 0.5) is 0 Å². The SMILES string of the molecule is NC(N)=NN=Cc1nccn1Cc1ccc(Cl)cc1. The van der Waals surface area contributed by atoms with Crippen LogP contribution in [0, 0.1) is 0 Å². The van der Waals surface area contributed by atoms with Gasteiger partial charge in [0, 0.05) is 24.0 Å². The Morgan fingerprint density at radius 3 is 2.74 bits per heavy atom. The maximum Gasteiger partial charge on any atom is 0.211 e. The summed E-state index contributed by atoms with van der Waals surface area (Å²) < 4.78 is 1.93. The average molecular weight is 277 g/mol. The Kier molecular flexibility index (Phi) is 4.15. The van der Waals surface area contributed by atoms with Crippen LogP contribution in [0.1, 0.15) is 11.4 Å². The van der Waals surface area contributed by atoms with Gasteiger partial charge >= 0.3 is 0 Å². The van der Waals surface area contributed by atoms with Crippen molar-refractivity contribution in [3.63, 3.8) is 0 Å². The van der Waals surface area contributed by atoms with Gasteiger partial charge in [-0.05, 0) is 17.7 Å². The van der Waals surface area contributed by atoms with Crippen molar-refractivity contribution < 1.29 is 0 Å². The minimum atomic E-state index is -0.0907. The van der Waals surface area contributed by atoms with Crippen molar-refractivity contribution in [2.45, 2.75) is 6.54 Å². The smallest absolute Gasteiger partial charge is 0.211 e. The molecule has 2 aromatic rings. The zero-order valence-corrected chi connectivity index (χ0v) is 10.8. The Hall–Kier alpha value is -2.34. The van der Waals surface area contributed by atoms with Gasteiger partial charge in [-0.25, -0.2) is 4.98 Å². The lowest BCUT2D eigenvalue weighted by molar-refractivity contribution is 0.789. The van der Waals surface area contributed by atoms with Gasteiger partial charge in [0.2, 0.25) is 5.96 Å². The van der Waals surface area contributed by atoms with E-state index in [4.69, 9.17) is 23.1 Å². The quantitative estimate of drug-likeness (QED) is 0.499. The molecule has 19 heavy (non-hydrogen) atoms. The van der Waals surface area contributed by atoms with Gasteiger partial charge in [0.05, 0.1) is 6.21 Å². The highest BCUT2D eigenvalue weighted by Gasteiger charge is 2.01. The summed E-state index contributed by atoms with van der Waals surface area (Å²) in [6.07, 6.45) is 5.04. The van der Waals surface area contributed by atoms with Crippen molar-refractivity contribution in [2.24, 2.45) is 21.7 Å². The van der Waals surface area contributed by atoms with Gasteiger partial charge in [0.25, 0.3) is 0 Å². The minimum Gasteiger partial charge on any atom is -0.369 e. The summed E-state index contributed by atoms with van der Waals surface area (Å²) in [5.41, 5.74) is 11.5. The number of guanidine groups is 1. The number of halogens is 1. The molecule has 2 rings (SSSR count). The van der Waals surface area contributed by atoms with Crippen molar-refractivity contribution in [1.29, 1.82) is 0 Å². The Labute approximate surface area is 115 Å². The van der Waals surface area contributed by atoms with E-state index in [0.717, 1.165) is 5.56 Å². The van der Waals surface area contributed by atoms with Crippen LogP contribution in [-0.2, 0) is 6.54 Å². The third-order valence-corrected chi connectivity index (χ3v) is 2.61. The Balaban J connectivity index is 2.13. The normalized spacial score (nSPS) is 10.8. The molecule has 1 heterocycles. The summed E-state index contributed by atoms with van der Waals surface area (Å²) in [4.78, 5) is 4.16. The molecule has 0 amide bonds. The molecule has 0 fully saturated rings. The van der Waals surface area contributed by atoms with Crippen LogP contribution in [-0.4, -0.2) is 21.7 Å². The molecule has 0 aliphatic carbocycles. The van der Waals surface area contributed by atoms with Gasteiger partial charge in [-0.15, -0.1) is 5.10 Å². The van der Waals surface area contributed by atoms with Crippen molar-refractivity contribution in [3.05, 3.63) is 53.1 Å². The molecular formula is C12H13ClN6. The number of rotatable bonds is 4. The molecule has 0 atom stereocenters. The highest BCUT2D eigenvalue weighted by molar-refractivity contribution is 6.30. The van der Waals surface area contributed by atoms with E-state index in [1.165, 1.54) is 6.21 Å². The fourth-order valence-electron chi connectivity index (χ4n) is 1.52. The standard InChI is InChI=1S/C12H13ClN6/c13-10-3-1-9(2-4-10)8-19-6-5-16-11(19)7-17-18-12(14)15/h1-7H,8H2,(H4,14,15,18). The number of nitrogens with two attached hydrogens (primary N) is 2. The summed E-state index contributed by atoms with van der Waals surface area (Å²) in [7, 11) is 0. The first-order chi connectivity index (χ1) is 9.15. The van der Waals surface area contributed by atoms with E-state index >= 15 is 0 Å². The van der Waals surface area contributed by atoms with Crippen LogP contribution < -0.4 is 11.5 Å². The second-order valence-electron chi connectivity index (χ2n) is 3.81. The van der Waals surface area contributed by atoms with E-state index in [2.05, 4.69) is 15.2 Å². The maximum atomic E-state index is 5.84. The number of imidazole rings is 1. The zero-order chi connectivity index (χ0) is 13.7. The molecule has 0 bridgehead atoms. The molecule has 98 valence electrons. The molecule has 0 aliphatic heterocycles. The van der Waals surface area contributed by atoms with Crippen LogP contribution in [0.5, 0.6) is 0 Å². The summed E-state index contributed by atoms with van der Waals surface area (Å²) >= 11 is 5.84. The van der Waals surface area contributed by atoms with E-state index in [-0.39, 0.29) is 5.96 Å². The lowest BCUT2D eigenvalue weighted by atomic mass is 10.2. The average Bonchev–Trinajstić information content (AvgIpc) is 2.79. The van der Waals surface area contributed by atoms with Crippen LogP contribution in [0.3, 0.4) is 0 Å². The highest BCUT2D eigenvalue weighted by Crippen LogP contribution is 2.11. The second kappa shape index (κ2) is 6.01. The maximum absolute atomic E-state index is 5.84. The summed E-state index contributed by atoms with van der Waals surface area (Å²) in [5, 5.41) is 7.98.